The summed E-state index contributed by atoms with van der Waals surface area (Å²) in [6.45, 7) is 4.70. The summed E-state index contributed by atoms with van der Waals surface area (Å²) >= 11 is 12.0. The predicted octanol–water partition coefficient (Wildman–Crippen LogP) is 2.24. The summed E-state index contributed by atoms with van der Waals surface area (Å²) in [5, 5.41) is 4.22. The molecule has 3 nitrogen and oxygen atoms in total. The highest BCUT2D eigenvalue weighted by Gasteiger charge is 2.19. The van der Waals surface area contributed by atoms with Gasteiger partial charge in [-0.05, 0) is 43.9 Å². The number of hydrogen-bond acceptors (Lipinski definition) is 1. The van der Waals surface area contributed by atoms with Gasteiger partial charge < -0.3 is 10.2 Å². The highest BCUT2D eigenvalue weighted by Crippen LogP contribution is 2.25. The van der Waals surface area contributed by atoms with E-state index < -0.39 is 0 Å². The van der Waals surface area contributed by atoms with Crippen molar-refractivity contribution in [3.8, 4) is 0 Å². The van der Waals surface area contributed by atoms with E-state index in [-0.39, 0.29) is 11.9 Å². The molecule has 1 amide bonds. The largest absolute Gasteiger partial charge is 0.345 e. The second kappa shape index (κ2) is 7.30. The summed E-state index contributed by atoms with van der Waals surface area (Å²) in [5.74, 6) is 0.0837. The molecular formula is C15H21Cl2N2O+. The molecule has 0 spiro atoms. The second-order valence-electron chi connectivity index (χ2n) is 5.44. The number of carbonyl (C=O) groups is 1. The fourth-order valence-electron chi connectivity index (χ4n) is 2.68. The van der Waals surface area contributed by atoms with Gasteiger partial charge in [-0.3, -0.25) is 4.79 Å². The molecule has 1 fully saturated rings. The normalized spacial score (nSPS) is 17.8. The molecule has 0 saturated carbocycles. The van der Waals surface area contributed by atoms with Crippen LogP contribution in [0, 0.1) is 0 Å². The van der Waals surface area contributed by atoms with E-state index in [0.717, 1.165) is 18.7 Å². The van der Waals surface area contributed by atoms with Gasteiger partial charge in [0.15, 0.2) is 6.54 Å². The smallest absolute Gasteiger partial charge is 0.275 e. The number of benzene rings is 1. The van der Waals surface area contributed by atoms with Crippen molar-refractivity contribution in [2.24, 2.45) is 0 Å². The van der Waals surface area contributed by atoms with Crippen LogP contribution in [0.4, 0.5) is 0 Å². The van der Waals surface area contributed by atoms with E-state index in [1.807, 2.05) is 13.0 Å². The van der Waals surface area contributed by atoms with Crippen molar-refractivity contribution in [1.82, 2.24) is 5.32 Å². The van der Waals surface area contributed by atoms with Crippen LogP contribution >= 0.6 is 23.2 Å². The van der Waals surface area contributed by atoms with Crippen molar-refractivity contribution >= 4 is 29.1 Å². The van der Waals surface area contributed by atoms with Crippen LogP contribution < -0.4 is 10.2 Å². The van der Waals surface area contributed by atoms with Crippen molar-refractivity contribution in [2.45, 2.75) is 32.2 Å². The first-order chi connectivity index (χ1) is 9.56. The van der Waals surface area contributed by atoms with Crippen LogP contribution in [0.25, 0.3) is 0 Å². The number of nitrogens with one attached hydrogen (secondary N) is 2. The first kappa shape index (κ1) is 15.6. The molecule has 2 N–H and O–H groups in total. The average molecular weight is 316 g/mol. The number of rotatable bonds is 4. The molecule has 20 heavy (non-hydrogen) atoms. The number of likely N-dealkylation sites (tertiary alicyclic amines) is 1. The van der Waals surface area contributed by atoms with E-state index in [2.05, 4.69) is 5.32 Å². The Kier molecular flexibility index (Phi) is 5.70. The van der Waals surface area contributed by atoms with Gasteiger partial charge in [0.05, 0.1) is 19.1 Å². The maximum absolute atomic E-state index is 12.1. The number of halogens is 2. The topological polar surface area (TPSA) is 33.5 Å². The molecule has 1 aliphatic heterocycles. The van der Waals surface area contributed by atoms with Crippen molar-refractivity contribution < 1.29 is 9.69 Å². The summed E-state index contributed by atoms with van der Waals surface area (Å²) in [4.78, 5) is 13.5. The summed E-state index contributed by atoms with van der Waals surface area (Å²) in [6, 6.07) is 5.26. The molecule has 0 aliphatic carbocycles. The van der Waals surface area contributed by atoms with Gasteiger partial charge in [-0.1, -0.05) is 29.3 Å². The minimum absolute atomic E-state index is 0.0837. The van der Waals surface area contributed by atoms with Gasteiger partial charge in [0.2, 0.25) is 0 Å². The van der Waals surface area contributed by atoms with Gasteiger partial charge in [-0.2, -0.15) is 0 Å². The predicted molar refractivity (Wildman–Crippen MR) is 82.4 cm³/mol. The number of hydrogen-bond donors (Lipinski definition) is 2. The molecular weight excluding hydrogens is 295 g/mol. The molecule has 1 aromatic carbocycles. The zero-order valence-electron chi connectivity index (χ0n) is 11.7. The van der Waals surface area contributed by atoms with Crippen molar-refractivity contribution in [3.05, 3.63) is 33.8 Å². The Morgan fingerprint density at radius 2 is 2.00 bits per heavy atom. The van der Waals surface area contributed by atoms with Crippen LogP contribution in [0.1, 0.15) is 37.8 Å². The summed E-state index contributed by atoms with van der Waals surface area (Å²) in [5.41, 5.74) is 0.901. The van der Waals surface area contributed by atoms with Crippen LogP contribution in [0.15, 0.2) is 18.2 Å². The molecule has 0 radical (unpaired) electrons. The summed E-state index contributed by atoms with van der Waals surface area (Å²) in [7, 11) is 0. The first-order valence-electron chi connectivity index (χ1n) is 7.14. The lowest BCUT2D eigenvalue weighted by molar-refractivity contribution is -0.896. The van der Waals surface area contributed by atoms with Crippen molar-refractivity contribution in [2.75, 3.05) is 19.6 Å². The van der Waals surface area contributed by atoms with Crippen molar-refractivity contribution in [3.63, 3.8) is 0 Å². The number of carbonyl (C=O) groups excluding carboxylic acids is 1. The van der Waals surface area contributed by atoms with Crippen LogP contribution in [0.3, 0.4) is 0 Å². The lowest BCUT2D eigenvalue weighted by Gasteiger charge is -2.24. The SMILES string of the molecule is C[C@H](NC(=O)C[NH+]1CCCCC1)c1ccc(Cl)cc1Cl. The van der Waals surface area contributed by atoms with E-state index in [0.29, 0.717) is 16.6 Å². The number of amides is 1. The maximum atomic E-state index is 12.1. The fraction of sp³-hybridized carbons (Fsp3) is 0.533. The summed E-state index contributed by atoms with van der Waals surface area (Å²) in [6.07, 6.45) is 3.74. The summed E-state index contributed by atoms with van der Waals surface area (Å²) < 4.78 is 0. The van der Waals surface area contributed by atoms with E-state index in [1.54, 1.807) is 12.1 Å². The molecule has 1 aliphatic rings. The highest BCUT2D eigenvalue weighted by atomic mass is 35.5. The Hall–Kier alpha value is -0.770. The van der Waals surface area contributed by atoms with E-state index >= 15 is 0 Å². The van der Waals surface area contributed by atoms with Gasteiger partial charge in [-0.15, -0.1) is 0 Å². The van der Waals surface area contributed by atoms with Crippen molar-refractivity contribution in [1.29, 1.82) is 0 Å². The number of piperidine rings is 1. The Balaban J connectivity index is 1.89. The molecule has 5 heteroatoms. The first-order valence-corrected chi connectivity index (χ1v) is 7.89. The highest BCUT2D eigenvalue weighted by molar-refractivity contribution is 6.35. The van der Waals surface area contributed by atoms with Gasteiger partial charge in [0.1, 0.15) is 0 Å². The van der Waals surface area contributed by atoms with Crippen LogP contribution in [0.2, 0.25) is 10.0 Å². The van der Waals surface area contributed by atoms with E-state index in [9.17, 15) is 4.79 Å². The third-order valence-corrected chi connectivity index (χ3v) is 4.34. The maximum Gasteiger partial charge on any atom is 0.275 e. The molecule has 1 saturated heterocycles. The second-order valence-corrected chi connectivity index (χ2v) is 6.29. The third-order valence-electron chi connectivity index (χ3n) is 3.78. The van der Waals surface area contributed by atoms with Gasteiger partial charge in [0, 0.05) is 10.0 Å². The standard InChI is InChI=1S/C15H20Cl2N2O/c1-11(13-6-5-12(16)9-14(13)17)18-15(20)10-19-7-3-2-4-8-19/h5-6,9,11H,2-4,7-8,10H2,1H3,(H,18,20)/p+1/t11-/m0/s1. The lowest BCUT2D eigenvalue weighted by Crippen LogP contribution is -3.13. The van der Waals surface area contributed by atoms with Gasteiger partial charge in [0.25, 0.3) is 5.91 Å². The Bertz CT molecular complexity index is 473. The monoisotopic (exact) mass is 315 g/mol. The molecule has 0 unspecified atom stereocenters. The zero-order valence-corrected chi connectivity index (χ0v) is 13.2. The Morgan fingerprint density at radius 3 is 2.65 bits per heavy atom. The van der Waals surface area contributed by atoms with Crippen LogP contribution in [-0.2, 0) is 4.79 Å². The minimum atomic E-state index is -0.101. The number of quaternary nitrogens is 1. The molecule has 2 rings (SSSR count). The van der Waals surface area contributed by atoms with E-state index in [4.69, 9.17) is 23.2 Å². The quantitative estimate of drug-likeness (QED) is 0.878. The van der Waals surface area contributed by atoms with Crippen LogP contribution in [0.5, 0.6) is 0 Å². The Labute approximate surface area is 130 Å². The minimum Gasteiger partial charge on any atom is -0.345 e. The van der Waals surface area contributed by atoms with Gasteiger partial charge in [-0.25, -0.2) is 0 Å². The fourth-order valence-corrected chi connectivity index (χ4v) is 3.25. The average Bonchev–Trinajstić information content (AvgIpc) is 2.39. The van der Waals surface area contributed by atoms with Gasteiger partial charge >= 0.3 is 0 Å². The van der Waals surface area contributed by atoms with Crippen LogP contribution in [-0.4, -0.2) is 25.5 Å². The molecule has 110 valence electrons. The zero-order chi connectivity index (χ0) is 14.5. The molecule has 1 aromatic rings. The molecule has 1 atom stereocenters. The molecule has 1 heterocycles. The third kappa shape index (κ3) is 4.37. The molecule has 0 aromatic heterocycles. The molecule has 0 bridgehead atoms. The Morgan fingerprint density at radius 1 is 1.30 bits per heavy atom. The van der Waals surface area contributed by atoms with E-state index in [1.165, 1.54) is 24.2 Å². The lowest BCUT2D eigenvalue weighted by atomic mass is 10.1.